The minimum atomic E-state index is 0. The minimum Gasteiger partial charge on any atom is -0.381 e. The summed E-state index contributed by atoms with van der Waals surface area (Å²) in [5, 5.41) is 0.671. The topological polar surface area (TPSA) is 47.6 Å². The van der Waals surface area contributed by atoms with Crippen LogP contribution in [0.2, 0.25) is 0 Å². The predicted octanol–water partition coefficient (Wildman–Crippen LogP) is 3.50. The molecule has 0 fully saturated rings. The molecule has 1 heterocycles. The van der Waals surface area contributed by atoms with Gasteiger partial charge in [-0.2, -0.15) is 0 Å². The van der Waals surface area contributed by atoms with Crippen molar-refractivity contribution in [1.29, 1.82) is 0 Å². The van der Waals surface area contributed by atoms with E-state index in [0.717, 1.165) is 25.4 Å². The Morgan fingerprint density at radius 2 is 2.18 bits per heavy atom. The molecule has 0 aliphatic carbocycles. The molecule has 2 N–H and O–H groups in total. The Labute approximate surface area is 119 Å². The van der Waals surface area contributed by atoms with Crippen LogP contribution in [0.4, 0.5) is 0 Å². The van der Waals surface area contributed by atoms with Gasteiger partial charge >= 0.3 is 0 Å². The third-order valence-corrected chi connectivity index (χ3v) is 3.41. The fourth-order valence-corrected chi connectivity index (χ4v) is 2.15. The van der Waals surface area contributed by atoms with Gasteiger partial charge in [-0.3, -0.25) is 0 Å². The first-order valence-corrected chi connectivity index (χ1v) is 7.03. The Balaban J connectivity index is 0.00000256. The van der Waals surface area contributed by atoms with Gasteiger partial charge in [0.25, 0.3) is 0 Å². The molecule has 1 aliphatic rings. The summed E-state index contributed by atoms with van der Waals surface area (Å²) in [5.41, 5.74) is 6.88. The van der Waals surface area contributed by atoms with Crippen LogP contribution in [0.25, 0.3) is 0 Å². The summed E-state index contributed by atoms with van der Waals surface area (Å²) in [6.07, 6.45) is 7.94. The molecule has 0 aromatic heterocycles. The minimum absolute atomic E-state index is 0. The number of hydrogen-bond donors (Lipinski definition) is 1. The molecule has 17 heavy (non-hydrogen) atoms. The highest BCUT2D eigenvalue weighted by Crippen LogP contribution is 2.16. The number of unbranched alkanes of at least 4 members (excludes halogenated alkanes) is 3. The summed E-state index contributed by atoms with van der Waals surface area (Å²) >= 11 is 1.60. The number of ether oxygens (including phenoxy) is 1. The zero-order chi connectivity index (χ0) is 11.6. The summed E-state index contributed by atoms with van der Waals surface area (Å²) < 4.78 is 5.58. The summed E-state index contributed by atoms with van der Waals surface area (Å²) in [6, 6.07) is 0. The van der Waals surface area contributed by atoms with Crippen molar-refractivity contribution in [1.82, 2.24) is 0 Å². The zero-order valence-electron chi connectivity index (χ0n) is 10.5. The van der Waals surface area contributed by atoms with E-state index >= 15 is 0 Å². The van der Waals surface area contributed by atoms with Gasteiger partial charge in [0, 0.05) is 18.6 Å². The van der Waals surface area contributed by atoms with Crippen LogP contribution in [0.3, 0.4) is 0 Å². The molecular formula is C12H23BrN2OS. The highest BCUT2D eigenvalue weighted by molar-refractivity contribution is 8.93. The van der Waals surface area contributed by atoms with Crippen molar-refractivity contribution in [2.24, 2.45) is 10.7 Å². The van der Waals surface area contributed by atoms with Gasteiger partial charge in [-0.15, -0.1) is 17.0 Å². The molecule has 5 heteroatoms. The lowest BCUT2D eigenvalue weighted by atomic mass is 10.2. The van der Waals surface area contributed by atoms with Crippen LogP contribution in [0, 0.1) is 0 Å². The maximum Gasteiger partial charge on any atom is 0.158 e. The largest absolute Gasteiger partial charge is 0.381 e. The predicted molar refractivity (Wildman–Crippen MR) is 82.1 cm³/mol. The van der Waals surface area contributed by atoms with Gasteiger partial charge in [-0.1, -0.05) is 37.9 Å². The Hall–Kier alpha value is -0.0000000000000000555. The van der Waals surface area contributed by atoms with Crippen LogP contribution in [-0.2, 0) is 4.74 Å². The van der Waals surface area contributed by atoms with Crippen LogP contribution < -0.4 is 5.73 Å². The molecule has 3 nitrogen and oxygen atoms in total. The molecule has 100 valence electrons. The molecule has 0 spiro atoms. The molecule has 0 bridgehead atoms. The molecule has 0 radical (unpaired) electrons. The molecule has 1 aliphatic heterocycles. The normalized spacial score (nSPS) is 14.9. The van der Waals surface area contributed by atoms with E-state index in [9.17, 15) is 0 Å². The van der Waals surface area contributed by atoms with E-state index < -0.39 is 0 Å². The molecule has 0 aromatic carbocycles. The van der Waals surface area contributed by atoms with Crippen molar-refractivity contribution < 1.29 is 4.74 Å². The number of thioether (sulfide) groups is 1. The van der Waals surface area contributed by atoms with Crippen molar-refractivity contribution in [2.45, 2.75) is 39.0 Å². The molecule has 0 saturated carbocycles. The summed E-state index contributed by atoms with van der Waals surface area (Å²) in [5.74, 6) is 0.967. The number of aliphatic imine (C=N–C) groups is 1. The standard InChI is InChI=1S/C12H22N2OS.BrH/c1-2-3-4-5-7-15-8-6-11-9-14-12(13)16-10-11;/h9H,2-8,10H2,1H3,(H2,13,14);1H. The van der Waals surface area contributed by atoms with E-state index in [-0.39, 0.29) is 17.0 Å². The van der Waals surface area contributed by atoms with E-state index in [1.807, 2.05) is 6.20 Å². The second-order valence-electron chi connectivity index (χ2n) is 3.97. The lowest BCUT2D eigenvalue weighted by Crippen LogP contribution is -2.11. The smallest absolute Gasteiger partial charge is 0.158 e. The third-order valence-electron chi connectivity index (χ3n) is 2.49. The van der Waals surface area contributed by atoms with Crippen LogP contribution in [0.1, 0.15) is 39.0 Å². The average Bonchev–Trinajstić information content (AvgIpc) is 2.30. The average molecular weight is 323 g/mol. The van der Waals surface area contributed by atoms with Gasteiger partial charge in [0.2, 0.25) is 0 Å². The van der Waals surface area contributed by atoms with Gasteiger partial charge in [0.1, 0.15) is 0 Å². The zero-order valence-corrected chi connectivity index (χ0v) is 13.0. The van der Waals surface area contributed by atoms with Gasteiger partial charge in [-0.25, -0.2) is 4.99 Å². The Morgan fingerprint density at radius 1 is 1.35 bits per heavy atom. The molecular weight excluding hydrogens is 300 g/mol. The first kappa shape index (κ1) is 17.0. The van der Waals surface area contributed by atoms with E-state index in [1.54, 1.807) is 11.8 Å². The second-order valence-corrected chi connectivity index (χ2v) is 4.96. The SMILES string of the molecule is Br.CCCCCCOCCC1=CN=C(N)SC1. The number of rotatable bonds is 8. The van der Waals surface area contributed by atoms with Gasteiger partial charge in [-0.05, 0) is 18.4 Å². The summed E-state index contributed by atoms with van der Waals surface area (Å²) in [4.78, 5) is 4.09. The molecule has 0 aromatic rings. The van der Waals surface area contributed by atoms with Crippen molar-refractivity contribution in [3.05, 3.63) is 11.8 Å². The van der Waals surface area contributed by atoms with E-state index in [2.05, 4.69) is 11.9 Å². The van der Waals surface area contributed by atoms with Crippen LogP contribution in [0.5, 0.6) is 0 Å². The van der Waals surface area contributed by atoms with E-state index in [0.29, 0.717) is 5.17 Å². The lowest BCUT2D eigenvalue weighted by Gasteiger charge is -2.10. The number of hydrogen-bond acceptors (Lipinski definition) is 4. The molecule has 0 saturated heterocycles. The quantitative estimate of drug-likeness (QED) is 0.696. The Kier molecular flexibility index (Phi) is 11.1. The second kappa shape index (κ2) is 11.1. The molecule has 0 unspecified atom stereocenters. The van der Waals surface area contributed by atoms with Crippen molar-refractivity contribution in [3.63, 3.8) is 0 Å². The Morgan fingerprint density at radius 3 is 2.82 bits per heavy atom. The number of nitrogens with two attached hydrogens (primary N) is 1. The number of nitrogens with zero attached hydrogens (tertiary/aromatic N) is 1. The number of halogens is 1. The Bertz CT molecular complexity index is 257. The van der Waals surface area contributed by atoms with E-state index in [4.69, 9.17) is 10.5 Å². The van der Waals surface area contributed by atoms with Crippen LogP contribution >= 0.6 is 28.7 Å². The first-order valence-electron chi connectivity index (χ1n) is 6.04. The summed E-state index contributed by atoms with van der Waals surface area (Å²) in [6.45, 7) is 3.93. The van der Waals surface area contributed by atoms with E-state index in [1.165, 1.54) is 31.3 Å². The fourth-order valence-electron chi connectivity index (χ4n) is 1.47. The molecule has 0 atom stereocenters. The van der Waals surface area contributed by atoms with Crippen molar-refractivity contribution in [3.8, 4) is 0 Å². The lowest BCUT2D eigenvalue weighted by molar-refractivity contribution is 0.133. The fraction of sp³-hybridized carbons (Fsp3) is 0.750. The first-order chi connectivity index (χ1) is 7.83. The van der Waals surface area contributed by atoms with Crippen molar-refractivity contribution in [2.75, 3.05) is 19.0 Å². The summed E-state index contributed by atoms with van der Waals surface area (Å²) in [7, 11) is 0. The van der Waals surface area contributed by atoms with Gasteiger partial charge in [0.15, 0.2) is 5.17 Å². The molecule has 1 rings (SSSR count). The molecule has 0 amide bonds. The van der Waals surface area contributed by atoms with Crippen LogP contribution in [-0.4, -0.2) is 24.1 Å². The maximum atomic E-state index is 5.58. The van der Waals surface area contributed by atoms with Crippen molar-refractivity contribution >= 4 is 33.9 Å². The van der Waals surface area contributed by atoms with Gasteiger partial charge < -0.3 is 10.5 Å². The third kappa shape index (κ3) is 8.69. The highest BCUT2D eigenvalue weighted by atomic mass is 79.9. The van der Waals surface area contributed by atoms with Gasteiger partial charge in [0.05, 0.1) is 6.61 Å². The maximum absolute atomic E-state index is 5.58. The highest BCUT2D eigenvalue weighted by Gasteiger charge is 2.05. The monoisotopic (exact) mass is 322 g/mol. The number of amidine groups is 1. The van der Waals surface area contributed by atoms with Crippen LogP contribution in [0.15, 0.2) is 16.8 Å².